The van der Waals surface area contributed by atoms with Gasteiger partial charge >= 0.3 is 0 Å². The number of nitrogen functional groups attached to an aromatic ring is 1. The maximum atomic E-state index is 12.4. The number of carbonyl (C=O) groups is 1. The van der Waals surface area contributed by atoms with Gasteiger partial charge in [-0.2, -0.15) is 0 Å². The zero-order chi connectivity index (χ0) is 14.8. The maximum Gasteiger partial charge on any atom is 0.264 e. The summed E-state index contributed by atoms with van der Waals surface area (Å²) in [5.74, 6) is 0.636. The molecule has 0 spiro atoms. The molecule has 0 atom stereocenters. The molecule has 0 unspecified atom stereocenters. The minimum absolute atomic E-state index is 0.112. The van der Waals surface area contributed by atoms with E-state index in [1.807, 2.05) is 23.1 Å². The second-order valence-corrected chi connectivity index (χ2v) is 7.29. The molecule has 3 heterocycles. The highest BCUT2D eigenvalue weighted by Gasteiger charge is 2.23. The Hall–Kier alpha value is -1.60. The molecule has 2 aromatic rings. The predicted octanol–water partition coefficient (Wildman–Crippen LogP) is 2.45. The number of nitrogens with two attached hydrogens (primary N) is 1. The van der Waals surface area contributed by atoms with E-state index < -0.39 is 0 Å². The molecule has 0 aromatic carbocycles. The normalized spacial score (nSPS) is 15.3. The highest BCUT2D eigenvalue weighted by Crippen LogP contribution is 2.24. The van der Waals surface area contributed by atoms with E-state index in [0.29, 0.717) is 5.82 Å². The first-order valence-corrected chi connectivity index (χ1v) is 8.25. The number of amides is 1. The predicted molar refractivity (Wildman–Crippen MR) is 88.8 cm³/mol. The average molecular weight is 367 g/mol. The summed E-state index contributed by atoms with van der Waals surface area (Å²) in [4.78, 5) is 21.4. The molecule has 21 heavy (non-hydrogen) atoms. The zero-order valence-corrected chi connectivity index (χ0v) is 13.7. The van der Waals surface area contributed by atoms with Gasteiger partial charge in [-0.1, -0.05) is 0 Å². The number of nitrogens with zero attached hydrogens (tertiary/aromatic N) is 3. The van der Waals surface area contributed by atoms with Gasteiger partial charge in [0.05, 0.1) is 20.5 Å². The molecule has 1 saturated heterocycles. The third-order valence-corrected chi connectivity index (χ3v) is 5.10. The van der Waals surface area contributed by atoms with Crippen LogP contribution in [-0.2, 0) is 0 Å². The van der Waals surface area contributed by atoms with Gasteiger partial charge in [-0.05, 0) is 40.2 Å². The smallest absolute Gasteiger partial charge is 0.264 e. The summed E-state index contributed by atoms with van der Waals surface area (Å²) in [5.41, 5.74) is 6.65. The van der Waals surface area contributed by atoms with Crippen molar-refractivity contribution >= 4 is 44.7 Å². The highest BCUT2D eigenvalue weighted by atomic mass is 79.9. The molecule has 1 aliphatic heterocycles. The van der Waals surface area contributed by atoms with E-state index in [0.717, 1.165) is 40.5 Å². The minimum Gasteiger partial charge on any atom is -0.384 e. The lowest BCUT2D eigenvalue weighted by Gasteiger charge is -2.35. The van der Waals surface area contributed by atoms with Gasteiger partial charge in [0, 0.05) is 26.2 Å². The zero-order valence-electron chi connectivity index (χ0n) is 11.3. The Balaban J connectivity index is 1.62. The van der Waals surface area contributed by atoms with Crippen molar-refractivity contribution in [3.63, 3.8) is 0 Å². The number of pyridine rings is 1. The summed E-state index contributed by atoms with van der Waals surface area (Å²) < 4.78 is 0.984. The Bertz CT molecular complexity index is 635. The average Bonchev–Trinajstić information content (AvgIpc) is 2.94. The van der Waals surface area contributed by atoms with Crippen LogP contribution in [0.15, 0.2) is 34.2 Å². The van der Waals surface area contributed by atoms with Crippen molar-refractivity contribution in [2.75, 3.05) is 36.8 Å². The lowest BCUT2D eigenvalue weighted by molar-refractivity contribution is 0.0751. The fourth-order valence-corrected chi connectivity index (χ4v) is 3.69. The molecule has 2 N–H and O–H groups in total. The Kier molecular flexibility index (Phi) is 4.12. The number of hydrogen-bond acceptors (Lipinski definition) is 5. The standard InChI is InChI=1S/C14H15BrN4OS/c15-12-3-2-11(21-12)14(20)19-7-5-18(6-8-19)10-1-4-13(16)17-9-10/h1-4,9H,5-8H2,(H2,16,17). The van der Waals surface area contributed by atoms with Gasteiger partial charge in [0.2, 0.25) is 0 Å². The molecule has 1 amide bonds. The van der Waals surface area contributed by atoms with Gasteiger partial charge in [-0.3, -0.25) is 4.79 Å². The van der Waals surface area contributed by atoms with Crippen molar-refractivity contribution in [3.8, 4) is 0 Å². The van der Waals surface area contributed by atoms with Crippen molar-refractivity contribution < 1.29 is 4.79 Å². The summed E-state index contributed by atoms with van der Waals surface area (Å²) in [5, 5.41) is 0. The number of thiophene rings is 1. The second-order valence-electron chi connectivity index (χ2n) is 4.82. The first kappa shape index (κ1) is 14.3. The first-order chi connectivity index (χ1) is 10.1. The first-order valence-electron chi connectivity index (χ1n) is 6.64. The van der Waals surface area contributed by atoms with Crippen LogP contribution in [0, 0.1) is 0 Å². The number of halogens is 1. The summed E-state index contributed by atoms with van der Waals surface area (Å²) >= 11 is 4.87. The van der Waals surface area contributed by atoms with Crippen LogP contribution >= 0.6 is 27.3 Å². The molecule has 3 rings (SSSR count). The molecule has 110 valence electrons. The van der Waals surface area contributed by atoms with E-state index in [9.17, 15) is 4.79 Å². The number of carbonyl (C=O) groups excluding carboxylic acids is 1. The van der Waals surface area contributed by atoms with Crippen LogP contribution in [0.4, 0.5) is 11.5 Å². The molecular weight excluding hydrogens is 352 g/mol. The maximum absolute atomic E-state index is 12.4. The molecule has 7 heteroatoms. The lowest BCUT2D eigenvalue weighted by atomic mass is 10.2. The summed E-state index contributed by atoms with van der Waals surface area (Å²) in [6.45, 7) is 3.06. The number of anilines is 2. The van der Waals surface area contributed by atoms with E-state index in [2.05, 4.69) is 25.8 Å². The van der Waals surface area contributed by atoms with E-state index in [-0.39, 0.29) is 5.91 Å². The van der Waals surface area contributed by atoms with Crippen LogP contribution in [0.2, 0.25) is 0 Å². The molecule has 0 saturated carbocycles. The topological polar surface area (TPSA) is 62.5 Å². The molecule has 0 aliphatic carbocycles. The van der Waals surface area contributed by atoms with E-state index in [1.54, 1.807) is 12.3 Å². The Morgan fingerprint density at radius 3 is 2.52 bits per heavy atom. The molecule has 0 bridgehead atoms. The number of piperazine rings is 1. The number of rotatable bonds is 2. The lowest BCUT2D eigenvalue weighted by Crippen LogP contribution is -2.48. The Labute approximate surface area is 135 Å². The van der Waals surface area contributed by atoms with Crippen LogP contribution in [0.3, 0.4) is 0 Å². The van der Waals surface area contributed by atoms with E-state index in [4.69, 9.17) is 5.73 Å². The molecule has 0 radical (unpaired) electrons. The van der Waals surface area contributed by atoms with Crippen molar-refractivity contribution in [1.82, 2.24) is 9.88 Å². The van der Waals surface area contributed by atoms with Crippen LogP contribution in [0.1, 0.15) is 9.67 Å². The van der Waals surface area contributed by atoms with Crippen LogP contribution < -0.4 is 10.6 Å². The largest absolute Gasteiger partial charge is 0.384 e. The van der Waals surface area contributed by atoms with Crippen molar-refractivity contribution in [2.45, 2.75) is 0 Å². The Morgan fingerprint density at radius 2 is 1.95 bits per heavy atom. The SMILES string of the molecule is Nc1ccc(N2CCN(C(=O)c3ccc(Br)s3)CC2)cn1. The summed E-state index contributed by atoms with van der Waals surface area (Å²) in [7, 11) is 0. The van der Waals surface area contributed by atoms with Crippen molar-refractivity contribution in [1.29, 1.82) is 0 Å². The summed E-state index contributed by atoms with van der Waals surface area (Å²) in [6, 6.07) is 7.55. The number of aromatic nitrogens is 1. The van der Waals surface area contributed by atoms with Crippen molar-refractivity contribution in [3.05, 3.63) is 39.1 Å². The van der Waals surface area contributed by atoms with Gasteiger partial charge in [-0.25, -0.2) is 4.98 Å². The monoisotopic (exact) mass is 366 g/mol. The van der Waals surface area contributed by atoms with Gasteiger partial charge < -0.3 is 15.5 Å². The van der Waals surface area contributed by atoms with Gasteiger partial charge in [-0.15, -0.1) is 11.3 Å². The van der Waals surface area contributed by atoms with E-state index >= 15 is 0 Å². The van der Waals surface area contributed by atoms with Crippen molar-refractivity contribution in [2.24, 2.45) is 0 Å². The quantitative estimate of drug-likeness (QED) is 0.886. The second kappa shape index (κ2) is 6.03. The van der Waals surface area contributed by atoms with Crippen LogP contribution in [0.5, 0.6) is 0 Å². The molecule has 1 fully saturated rings. The number of hydrogen-bond donors (Lipinski definition) is 1. The molecule has 1 aliphatic rings. The minimum atomic E-state index is 0.112. The van der Waals surface area contributed by atoms with Gasteiger partial charge in [0.1, 0.15) is 5.82 Å². The third kappa shape index (κ3) is 3.19. The van der Waals surface area contributed by atoms with Crippen LogP contribution in [-0.4, -0.2) is 42.0 Å². The fourth-order valence-electron chi connectivity index (χ4n) is 2.34. The molecule has 2 aromatic heterocycles. The van der Waals surface area contributed by atoms with Crippen LogP contribution in [0.25, 0.3) is 0 Å². The van der Waals surface area contributed by atoms with E-state index in [1.165, 1.54) is 11.3 Å². The fraction of sp³-hybridized carbons (Fsp3) is 0.286. The molecule has 5 nitrogen and oxygen atoms in total. The van der Waals surface area contributed by atoms with Gasteiger partial charge in [0.25, 0.3) is 5.91 Å². The highest BCUT2D eigenvalue weighted by molar-refractivity contribution is 9.11. The van der Waals surface area contributed by atoms with Gasteiger partial charge in [0.15, 0.2) is 0 Å². The third-order valence-electron chi connectivity index (χ3n) is 3.49. The summed E-state index contributed by atoms with van der Waals surface area (Å²) in [6.07, 6.45) is 1.78. The Morgan fingerprint density at radius 1 is 1.19 bits per heavy atom. The molecular formula is C14H15BrN4OS.